The monoisotopic (exact) mass is 341 g/mol. The van der Waals surface area contributed by atoms with Gasteiger partial charge in [-0.2, -0.15) is 0 Å². The van der Waals surface area contributed by atoms with Crippen LogP contribution in [0.3, 0.4) is 0 Å². The maximum absolute atomic E-state index is 7.52. The van der Waals surface area contributed by atoms with E-state index in [0.29, 0.717) is 11.7 Å². The summed E-state index contributed by atoms with van der Waals surface area (Å²) in [5, 5.41) is 14.7. The van der Waals surface area contributed by atoms with Crippen LogP contribution in [0.5, 0.6) is 0 Å². The Morgan fingerprint density at radius 1 is 0.792 bits per heavy atom. The summed E-state index contributed by atoms with van der Waals surface area (Å²) < 4.78 is 0. The van der Waals surface area contributed by atoms with Crippen molar-refractivity contribution in [1.82, 2.24) is 4.90 Å². The Kier molecular flexibility index (Phi) is 12.0. The Labute approximate surface area is 151 Å². The van der Waals surface area contributed by atoms with E-state index in [4.69, 9.17) is 16.6 Å². The fraction of sp³-hybridized carbons (Fsp3) is 0.842. The highest BCUT2D eigenvalue weighted by atomic mass is 15.1. The molecule has 0 spiro atoms. The first-order valence-corrected chi connectivity index (χ1v) is 8.33. The minimum atomic E-state index is -0.0104. The van der Waals surface area contributed by atoms with E-state index in [2.05, 4.69) is 4.99 Å². The summed E-state index contributed by atoms with van der Waals surface area (Å²) in [6.07, 6.45) is 0. The lowest BCUT2D eigenvalue weighted by molar-refractivity contribution is 0.476. The molecule has 0 radical (unpaired) electrons. The molecule has 24 heavy (non-hydrogen) atoms. The van der Waals surface area contributed by atoms with Crippen LogP contribution in [-0.2, 0) is 0 Å². The molecular weight excluding hydrogens is 298 g/mol. The standard InChI is InChI=1S/C7H16N2.C6H14N2.C6H13N/c1-7(2,3)6(8)9(4)5;1-6(2,3)5(7)8-4;1-5(7)6(2,3)4/h8H,1-5H3;1-4H3,(H2,7,8);7H,1-4H3. The van der Waals surface area contributed by atoms with Crippen molar-refractivity contribution in [1.29, 1.82) is 10.8 Å². The largest absolute Gasteiger partial charge is 0.387 e. The lowest BCUT2D eigenvalue weighted by Gasteiger charge is -2.25. The lowest BCUT2D eigenvalue weighted by Crippen LogP contribution is -2.32. The van der Waals surface area contributed by atoms with E-state index in [1.165, 1.54) is 0 Å². The molecule has 0 aliphatic heterocycles. The molecule has 0 bridgehead atoms. The molecule has 0 aromatic carbocycles. The van der Waals surface area contributed by atoms with E-state index in [1.54, 1.807) is 7.05 Å². The smallest absolute Gasteiger partial charge is 0.101 e. The summed E-state index contributed by atoms with van der Waals surface area (Å²) in [5.74, 6) is 1.38. The second-order valence-electron chi connectivity index (χ2n) is 9.23. The van der Waals surface area contributed by atoms with Crippen LogP contribution in [-0.4, -0.2) is 43.4 Å². The van der Waals surface area contributed by atoms with Gasteiger partial charge in [0.1, 0.15) is 5.84 Å². The second-order valence-corrected chi connectivity index (χ2v) is 9.23. The van der Waals surface area contributed by atoms with Crippen LogP contribution in [0.15, 0.2) is 4.99 Å². The summed E-state index contributed by atoms with van der Waals surface area (Å²) in [4.78, 5) is 5.69. The molecule has 5 heteroatoms. The van der Waals surface area contributed by atoms with Crippen LogP contribution in [0.1, 0.15) is 69.2 Å². The number of nitrogens with two attached hydrogens (primary N) is 1. The van der Waals surface area contributed by atoms with Crippen molar-refractivity contribution in [3.8, 4) is 0 Å². The first-order chi connectivity index (χ1) is 10.3. The molecule has 0 aromatic heterocycles. The van der Waals surface area contributed by atoms with E-state index < -0.39 is 0 Å². The van der Waals surface area contributed by atoms with Gasteiger partial charge in [0, 0.05) is 37.7 Å². The second kappa shape index (κ2) is 10.5. The molecule has 0 atom stereocenters. The topological polar surface area (TPSA) is 89.3 Å². The molecule has 0 saturated carbocycles. The van der Waals surface area contributed by atoms with E-state index in [1.807, 2.05) is 88.2 Å². The van der Waals surface area contributed by atoms with Gasteiger partial charge >= 0.3 is 0 Å². The van der Waals surface area contributed by atoms with Crippen molar-refractivity contribution in [2.75, 3.05) is 21.1 Å². The van der Waals surface area contributed by atoms with Gasteiger partial charge in [-0.1, -0.05) is 62.3 Å². The summed E-state index contributed by atoms with van der Waals surface area (Å²) in [5.41, 5.74) is 6.35. The summed E-state index contributed by atoms with van der Waals surface area (Å²) in [6.45, 7) is 20.2. The molecule has 4 N–H and O–H groups in total. The molecule has 0 saturated heterocycles. The fourth-order valence-electron chi connectivity index (χ4n) is 1.01. The van der Waals surface area contributed by atoms with Gasteiger partial charge in [-0.15, -0.1) is 0 Å². The SMILES string of the molecule is CC(=N)C(C)(C)C.CN(C)C(=N)C(C)(C)C.CN=C(N)C(C)(C)C. The quantitative estimate of drug-likeness (QED) is 0.442. The van der Waals surface area contributed by atoms with Gasteiger partial charge < -0.3 is 16.0 Å². The van der Waals surface area contributed by atoms with Gasteiger partial charge in [0.05, 0.1) is 5.84 Å². The van der Waals surface area contributed by atoms with Crippen LogP contribution in [0.4, 0.5) is 0 Å². The van der Waals surface area contributed by atoms with Gasteiger partial charge in [0.15, 0.2) is 0 Å². The van der Waals surface area contributed by atoms with Crippen LogP contribution >= 0.6 is 0 Å². The summed E-state index contributed by atoms with van der Waals surface area (Å²) in [7, 11) is 5.50. The van der Waals surface area contributed by atoms with E-state index in [9.17, 15) is 0 Å². The van der Waals surface area contributed by atoms with Gasteiger partial charge in [-0.25, -0.2) is 0 Å². The first-order valence-electron chi connectivity index (χ1n) is 8.33. The van der Waals surface area contributed by atoms with Crippen molar-refractivity contribution in [2.45, 2.75) is 69.2 Å². The molecule has 0 fully saturated rings. The summed E-state index contributed by atoms with van der Waals surface area (Å²) in [6, 6.07) is 0. The number of hydrogen-bond donors (Lipinski definition) is 3. The fourth-order valence-corrected chi connectivity index (χ4v) is 1.01. The molecule has 0 amide bonds. The third-order valence-corrected chi connectivity index (χ3v) is 3.29. The molecule has 5 nitrogen and oxygen atoms in total. The average molecular weight is 342 g/mol. The minimum absolute atomic E-state index is 0.0104. The molecule has 0 aliphatic carbocycles. The Hall–Kier alpha value is -1.39. The Morgan fingerprint density at radius 2 is 1.08 bits per heavy atom. The van der Waals surface area contributed by atoms with Crippen molar-refractivity contribution in [2.24, 2.45) is 27.0 Å². The van der Waals surface area contributed by atoms with Gasteiger partial charge in [0.2, 0.25) is 0 Å². The molecule has 0 rings (SSSR count). The van der Waals surface area contributed by atoms with Crippen molar-refractivity contribution in [3.05, 3.63) is 0 Å². The highest BCUT2D eigenvalue weighted by Crippen LogP contribution is 2.15. The molecular formula is C19H43N5. The number of amidine groups is 2. The van der Waals surface area contributed by atoms with Gasteiger partial charge in [0.25, 0.3) is 0 Å². The van der Waals surface area contributed by atoms with Crippen molar-refractivity contribution >= 4 is 17.4 Å². The zero-order valence-corrected chi connectivity index (χ0v) is 18.5. The van der Waals surface area contributed by atoms with Crippen LogP contribution in [0.2, 0.25) is 0 Å². The van der Waals surface area contributed by atoms with Crippen molar-refractivity contribution in [3.63, 3.8) is 0 Å². The van der Waals surface area contributed by atoms with Crippen LogP contribution in [0.25, 0.3) is 0 Å². The number of rotatable bonds is 0. The molecule has 0 heterocycles. The average Bonchev–Trinajstić information content (AvgIpc) is 2.34. The zero-order chi connectivity index (χ0) is 20.5. The predicted molar refractivity (Wildman–Crippen MR) is 111 cm³/mol. The first kappa shape index (κ1) is 27.5. The van der Waals surface area contributed by atoms with Gasteiger partial charge in [-0.3, -0.25) is 10.4 Å². The Bertz CT molecular complexity index is 413. The third-order valence-electron chi connectivity index (χ3n) is 3.29. The lowest BCUT2D eigenvalue weighted by atomic mass is 9.91. The maximum Gasteiger partial charge on any atom is 0.101 e. The van der Waals surface area contributed by atoms with E-state index in [0.717, 1.165) is 5.71 Å². The number of aliphatic imine (C=N–C) groups is 1. The highest BCUT2D eigenvalue weighted by Gasteiger charge is 2.18. The number of hydrogen-bond acceptors (Lipinski definition) is 3. The normalized spacial score (nSPS) is 12.3. The Morgan fingerprint density at radius 3 is 1.08 bits per heavy atom. The molecule has 144 valence electrons. The third kappa shape index (κ3) is 15.5. The predicted octanol–water partition coefficient (Wildman–Crippen LogP) is 4.66. The van der Waals surface area contributed by atoms with Crippen LogP contribution in [0, 0.1) is 27.1 Å². The number of nitrogens with zero attached hydrogens (tertiary/aromatic N) is 2. The van der Waals surface area contributed by atoms with Gasteiger partial charge in [-0.05, 0) is 12.3 Å². The zero-order valence-electron chi connectivity index (χ0n) is 18.5. The molecule has 0 unspecified atom stereocenters. The minimum Gasteiger partial charge on any atom is -0.387 e. The van der Waals surface area contributed by atoms with Crippen molar-refractivity contribution < 1.29 is 0 Å². The number of nitrogens with one attached hydrogen (secondary N) is 2. The van der Waals surface area contributed by atoms with E-state index >= 15 is 0 Å². The molecule has 0 aliphatic rings. The van der Waals surface area contributed by atoms with E-state index in [-0.39, 0.29) is 16.2 Å². The Balaban J connectivity index is -0.000000278. The molecule has 0 aromatic rings. The summed E-state index contributed by atoms with van der Waals surface area (Å²) >= 11 is 0. The van der Waals surface area contributed by atoms with Crippen LogP contribution < -0.4 is 5.73 Å². The maximum atomic E-state index is 7.52. The highest BCUT2D eigenvalue weighted by molar-refractivity contribution is 5.85.